The van der Waals surface area contributed by atoms with Gasteiger partial charge in [0.15, 0.2) is 0 Å². The Morgan fingerprint density at radius 1 is 1.22 bits per heavy atom. The third-order valence-electron chi connectivity index (χ3n) is 6.10. The van der Waals surface area contributed by atoms with Crippen molar-refractivity contribution in [1.82, 2.24) is 0 Å². The molecule has 2 aromatic rings. The minimum absolute atomic E-state index is 0.156. The van der Waals surface area contributed by atoms with Crippen LogP contribution in [0.15, 0.2) is 77.9 Å². The van der Waals surface area contributed by atoms with E-state index < -0.39 is 17.0 Å². The molecule has 0 spiro atoms. The van der Waals surface area contributed by atoms with Crippen molar-refractivity contribution in [3.8, 4) is 11.8 Å². The molecular weight excluding hydrogens is 400 g/mol. The van der Waals surface area contributed by atoms with Crippen molar-refractivity contribution in [2.45, 2.75) is 45.8 Å². The van der Waals surface area contributed by atoms with Gasteiger partial charge in [-0.1, -0.05) is 74.2 Å². The highest BCUT2D eigenvalue weighted by Crippen LogP contribution is 2.46. The number of allylic oxidation sites excluding steroid dienone is 2. The summed E-state index contributed by atoms with van der Waals surface area (Å²) in [5.74, 6) is 5.33. The van der Waals surface area contributed by atoms with Gasteiger partial charge in [0.25, 0.3) is 0 Å². The van der Waals surface area contributed by atoms with Crippen LogP contribution in [-0.2, 0) is 9.53 Å². The van der Waals surface area contributed by atoms with Crippen LogP contribution in [-0.4, -0.2) is 34.5 Å². The quantitative estimate of drug-likeness (QED) is 0.293. The van der Waals surface area contributed by atoms with Crippen LogP contribution in [0.3, 0.4) is 0 Å². The van der Waals surface area contributed by atoms with Gasteiger partial charge in [-0.3, -0.25) is 0 Å². The number of fused-ring (bicyclic) bond motifs is 1. The zero-order valence-electron chi connectivity index (χ0n) is 19.1. The van der Waals surface area contributed by atoms with Crippen LogP contribution in [0.1, 0.15) is 39.7 Å². The molecule has 0 unspecified atom stereocenters. The molecular formula is C28H30O4. The average Bonchev–Trinajstić information content (AvgIpc) is 2.73. The fourth-order valence-electron chi connectivity index (χ4n) is 4.23. The number of rotatable bonds is 5. The van der Waals surface area contributed by atoms with Crippen LogP contribution in [0.2, 0.25) is 0 Å². The number of ether oxygens (including phenoxy) is 1. The predicted octanol–water partition coefficient (Wildman–Crippen LogP) is 5.27. The highest BCUT2D eigenvalue weighted by atomic mass is 16.5. The molecule has 1 aliphatic rings. The van der Waals surface area contributed by atoms with Gasteiger partial charge in [-0.2, -0.15) is 0 Å². The van der Waals surface area contributed by atoms with Gasteiger partial charge < -0.3 is 14.9 Å². The zero-order chi connectivity index (χ0) is 23.4. The van der Waals surface area contributed by atoms with E-state index in [9.17, 15) is 9.90 Å². The standard InChI is InChI=1S/C28H30O4/c1-20(17-26(29)30)14-15-28(31)21(2)18-24(19-27(28,3)4)32-16-8-12-23-11-7-10-22-9-5-6-13-25(22)23/h5-7,9-11,13-15,17-18,24,31H,16,19H2,1-4H3,(H,29,30)/b15-14+,20-17-/t24-,28-/m1/s1. The molecule has 0 amide bonds. The monoisotopic (exact) mass is 430 g/mol. The summed E-state index contributed by atoms with van der Waals surface area (Å²) in [6.45, 7) is 7.84. The Hall–Kier alpha value is -3.13. The van der Waals surface area contributed by atoms with Crippen LogP contribution in [0.5, 0.6) is 0 Å². The zero-order valence-corrected chi connectivity index (χ0v) is 19.1. The largest absolute Gasteiger partial charge is 0.478 e. The summed E-state index contributed by atoms with van der Waals surface area (Å²) in [4.78, 5) is 10.8. The van der Waals surface area contributed by atoms with Crippen LogP contribution in [0.25, 0.3) is 10.8 Å². The fourth-order valence-corrected chi connectivity index (χ4v) is 4.23. The lowest BCUT2D eigenvalue weighted by atomic mass is 9.64. The van der Waals surface area contributed by atoms with Gasteiger partial charge in [0.05, 0.1) is 6.10 Å². The molecule has 4 nitrogen and oxygen atoms in total. The van der Waals surface area contributed by atoms with Gasteiger partial charge >= 0.3 is 5.97 Å². The molecule has 0 aliphatic heterocycles. The number of carboxylic acid groups (broad SMARTS) is 1. The number of hydrogen-bond acceptors (Lipinski definition) is 3. The lowest BCUT2D eigenvalue weighted by Crippen LogP contribution is -2.49. The molecule has 3 rings (SSSR count). The molecule has 1 aliphatic carbocycles. The second-order valence-corrected chi connectivity index (χ2v) is 8.94. The normalized spacial score (nSPS) is 23.0. The summed E-state index contributed by atoms with van der Waals surface area (Å²) >= 11 is 0. The summed E-state index contributed by atoms with van der Waals surface area (Å²) in [6, 6.07) is 14.3. The highest BCUT2D eigenvalue weighted by Gasteiger charge is 2.47. The molecule has 32 heavy (non-hydrogen) atoms. The summed E-state index contributed by atoms with van der Waals surface area (Å²) in [6.07, 6.45) is 6.86. The van der Waals surface area contributed by atoms with E-state index in [4.69, 9.17) is 9.84 Å². The number of carbonyl (C=O) groups is 1. The number of hydrogen-bond donors (Lipinski definition) is 2. The van der Waals surface area contributed by atoms with E-state index >= 15 is 0 Å². The van der Waals surface area contributed by atoms with Gasteiger partial charge in [-0.15, -0.1) is 0 Å². The Morgan fingerprint density at radius 3 is 2.66 bits per heavy atom. The van der Waals surface area contributed by atoms with Crippen LogP contribution in [0, 0.1) is 17.3 Å². The Labute approximate surface area is 189 Å². The molecule has 0 saturated carbocycles. The first-order valence-corrected chi connectivity index (χ1v) is 10.7. The second-order valence-electron chi connectivity index (χ2n) is 8.94. The Morgan fingerprint density at radius 2 is 1.94 bits per heavy atom. The molecule has 2 atom stereocenters. The molecule has 4 heteroatoms. The van der Waals surface area contributed by atoms with Crippen LogP contribution >= 0.6 is 0 Å². The second kappa shape index (κ2) is 9.56. The number of aliphatic carboxylic acids is 1. The van der Waals surface area contributed by atoms with Crippen molar-refractivity contribution in [3.63, 3.8) is 0 Å². The van der Waals surface area contributed by atoms with Crippen molar-refractivity contribution < 1.29 is 19.7 Å². The number of aliphatic hydroxyl groups is 1. The highest BCUT2D eigenvalue weighted by molar-refractivity contribution is 5.88. The molecule has 0 radical (unpaired) electrons. The van der Waals surface area contributed by atoms with Crippen molar-refractivity contribution in [1.29, 1.82) is 0 Å². The maximum atomic E-state index is 11.4. The van der Waals surface area contributed by atoms with E-state index in [1.807, 2.05) is 51.1 Å². The Kier molecular flexibility index (Phi) is 7.03. The van der Waals surface area contributed by atoms with E-state index in [2.05, 4.69) is 30.0 Å². The SMILES string of the molecule is CC1=C[C@@H](OCC#Cc2cccc3ccccc23)CC(C)(C)[C@@]1(O)/C=C/C(C)=C\C(=O)O. The van der Waals surface area contributed by atoms with Gasteiger partial charge in [-0.25, -0.2) is 4.79 Å². The smallest absolute Gasteiger partial charge is 0.328 e. The number of carboxylic acids is 1. The van der Waals surface area contributed by atoms with E-state index in [1.165, 1.54) is 0 Å². The Bertz CT molecular complexity index is 1150. The van der Waals surface area contributed by atoms with Gasteiger partial charge in [0.2, 0.25) is 0 Å². The van der Waals surface area contributed by atoms with Crippen molar-refractivity contribution >= 4 is 16.7 Å². The first-order valence-electron chi connectivity index (χ1n) is 10.7. The molecule has 0 saturated heterocycles. The summed E-state index contributed by atoms with van der Waals surface area (Å²) < 4.78 is 6.02. The first-order chi connectivity index (χ1) is 15.1. The lowest BCUT2D eigenvalue weighted by molar-refractivity contribution is -0.131. The molecule has 0 heterocycles. The van der Waals surface area contributed by atoms with Crippen molar-refractivity contribution in [2.75, 3.05) is 6.61 Å². The first kappa shape index (κ1) is 23.5. The fraction of sp³-hybridized carbons (Fsp3) is 0.321. The topological polar surface area (TPSA) is 66.8 Å². The molecule has 2 aromatic carbocycles. The number of benzene rings is 2. The maximum Gasteiger partial charge on any atom is 0.328 e. The predicted molar refractivity (Wildman–Crippen MR) is 128 cm³/mol. The van der Waals surface area contributed by atoms with Crippen LogP contribution < -0.4 is 0 Å². The third-order valence-corrected chi connectivity index (χ3v) is 6.10. The lowest BCUT2D eigenvalue weighted by Gasteiger charge is -2.46. The van der Waals surface area contributed by atoms with E-state index in [1.54, 1.807) is 19.1 Å². The Balaban J connectivity index is 1.72. The average molecular weight is 431 g/mol. The minimum Gasteiger partial charge on any atom is -0.478 e. The third kappa shape index (κ3) is 5.19. The van der Waals surface area contributed by atoms with Crippen molar-refractivity contribution in [2.24, 2.45) is 5.41 Å². The molecule has 0 fully saturated rings. The van der Waals surface area contributed by atoms with Gasteiger partial charge in [0.1, 0.15) is 12.2 Å². The minimum atomic E-state index is -1.19. The van der Waals surface area contributed by atoms with Crippen molar-refractivity contribution in [3.05, 3.63) is 83.5 Å². The molecule has 0 aromatic heterocycles. The summed E-state index contributed by atoms with van der Waals surface area (Å²) in [7, 11) is 0. The summed E-state index contributed by atoms with van der Waals surface area (Å²) in [5.41, 5.74) is 0.637. The molecule has 2 N–H and O–H groups in total. The van der Waals surface area contributed by atoms with Gasteiger partial charge in [-0.05, 0) is 54.3 Å². The van der Waals surface area contributed by atoms with Crippen LogP contribution in [0.4, 0.5) is 0 Å². The molecule has 166 valence electrons. The molecule has 0 bridgehead atoms. The maximum absolute atomic E-state index is 11.4. The van der Waals surface area contributed by atoms with E-state index in [0.717, 1.165) is 28.0 Å². The van der Waals surface area contributed by atoms with E-state index in [-0.39, 0.29) is 6.10 Å². The van der Waals surface area contributed by atoms with Gasteiger partial charge in [0, 0.05) is 17.1 Å². The summed E-state index contributed by atoms with van der Waals surface area (Å²) in [5, 5.41) is 22.6. The van der Waals surface area contributed by atoms with E-state index in [0.29, 0.717) is 18.6 Å².